The van der Waals surface area contributed by atoms with Crippen molar-refractivity contribution in [3.63, 3.8) is 0 Å². The molecule has 4 nitrogen and oxygen atoms in total. The van der Waals surface area contributed by atoms with Gasteiger partial charge in [0.1, 0.15) is 0 Å². The molecular weight excluding hydrogens is 324 g/mol. The molecule has 5 heteroatoms. The zero-order chi connectivity index (χ0) is 18.3. The van der Waals surface area contributed by atoms with Gasteiger partial charge in [0.25, 0.3) is 10.1 Å². The first-order chi connectivity index (χ1) is 11.4. The molecule has 24 heavy (non-hydrogen) atoms. The molecule has 146 valence electrons. The molecule has 0 spiro atoms. The largest absolute Gasteiger partial charge is 0.393 e. The summed E-state index contributed by atoms with van der Waals surface area (Å²) in [6.45, 7) is 4.34. The first kappa shape index (κ1) is 23.9. The van der Waals surface area contributed by atoms with Gasteiger partial charge in [0.2, 0.25) is 0 Å². The molecule has 0 rings (SSSR count). The summed E-state index contributed by atoms with van der Waals surface area (Å²) in [5.41, 5.74) is 0. The maximum atomic E-state index is 11.5. The zero-order valence-corrected chi connectivity index (χ0v) is 16.7. The summed E-state index contributed by atoms with van der Waals surface area (Å²) in [6.07, 6.45) is 14.1. The van der Waals surface area contributed by atoms with E-state index in [1.54, 1.807) is 0 Å². The number of aliphatic hydroxyl groups is 1. The van der Waals surface area contributed by atoms with E-state index >= 15 is 0 Å². The minimum Gasteiger partial charge on any atom is -0.393 e. The summed E-state index contributed by atoms with van der Waals surface area (Å²) in [5, 5.41) is 9.22. The van der Waals surface area contributed by atoms with Gasteiger partial charge in [-0.15, -0.1) is 0 Å². The third-order valence-corrected chi connectivity index (χ3v) is 6.00. The second kappa shape index (κ2) is 15.2. The van der Waals surface area contributed by atoms with Crippen molar-refractivity contribution in [2.45, 2.75) is 122 Å². The van der Waals surface area contributed by atoms with Gasteiger partial charge in [0.05, 0.1) is 11.4 Å². The first-order valence-corrected chi connectivity index (χ1v) is 11.6. The van der Waals surface area contributed by atoms with Crippen LogP contribution >= 0.6 is 0 Å². The molecular formula is C19H40O4S. The number of unbranched alkanes of at least 4 members (excludes halogenated alkanes) is 10. The summed E-state index contributed by atoms with van der Waals surface area (Å²) in [5.74, 6) is 0. The minimum absolute atomic E-state index is 0.168. The lowest BCUT2D eigenvalue weighted by Gasteiger charge is -2.18. The Morgan fingerprint density at radius 2 is 1.12 bits per heavy atom. The topological polar surface area (TPSA) is 74.6 Å². The van der Waals surface area contributed by atoms with Crippen molar-refractivity contribution in [3.05, 3.63) is 0 Å². The fraction of sp³-hybridized carbons (Fsp3) is 1.00. The highest BCUT2D eigenvalue weighted by molar-refractivity contribution is 7.86. The van der Waals surface area contributed by atoms with Crippen LogP contribution in [-0.2, 0) is 10.1 Å². The van der Waals surface area contributed by atoms with E-state index in [1.807, 2.05) is 0 Å². The molecule has 2 atom stereocenters. The van der Waals surface area contributed by atoms with Gasteiger partial charge >= 0.3 is 0 Å². The lowest BCUT2D eigenvalue weighted by atomic mass is 10.0. The van der Waals surface area contributed by atoms with Crippen molar-refractivity contribution < 1.29 is 18.1 Å². The van der Waals surface area contributed by atoms with E-state index < -0.39 is 21.5 Å². The van der Waals surface area contributed by atoms with Gasteiger partial charge in [-0.2, -0.15) is 8.42 Å². The SMILES string of the molecule is CCCCCCCCCCC(CC(O)CCCCCC)S(=O)(=O)O. The van der Waals surface area contributed by atoms with Gasteiger partial charge in [-0.05, 0) is 19.3 Å². The van der Waals surface area contributed by atoms with Gasteiger partial charge in [-0.25, -0.2) is 0 Å². The van der Waals surface area contributed by atoms with Crippen LogP contribution < -0.4 is 0 Å². The molecule has 0 bridgehead atoms. The molecule has 0 fully saturated rings. The Kier molecular flexibility index (Phi) is 15.1. The molecule has 0 saturated heterocycles. The first-order valence-electron chi connectivity index (χ1n) is 10.1. The fourth-order valence-electron chi connectivity index (χ4n) is 3.12. The van der Waals surface area contributed by atoms with Gasteiger partial charge in [0.15, 0.2) is 0 Å². The van der Waals surface area contributed by atoms with Crippen molar-refractivity contribution in [3.8, 4) is 0 Å². The normalized spacial score (nSPS) is 14.7. The number of hydrogen-bond acceptors (Lipinski definition) is 3. The quantitative estimate of drug-likeness (QED) is 0.264. The molecule has 2 N–H and O–H groups in total. The summed E-state index contributed by atoms with van der Waals surface area (Å²) < 4.78 is 32.4. The molecule has 0 heterocycles. The van der Waals surface area contributed by atoms with Crippen LogP contribution in [0.3, 0.4) is 0 Å². The van der Waals surface area contributed by atoms with Crippen LogP contribution in [0.4, 0.5) is 0 Å². The zero-order valence-electron chi connectivity index (χ0n) is 15.9. The lowest BCUT2D eigenvalue weighted by Crippen LogP contribution is -2.26. The third-order valence-electron chi connectivity index (χ3n) is 4.73. The van der Waals surface area contributed by atoms with Gasteiger partial charge < -0.3 is 5.11 Å². The highest BCUT2D eigenvalue weighted by atomic mass is 32.2. The minimum atomic E-state index is -4.06. The number of hydrogen-bond donors (Lipinski definition) is 2. The van der Waals surface area contributed by atoms with Crippen molar-refractivity contribution >= 4 is 10.1 Å². The van der Waals surface area contributed by atoms with Crippen molar-refractivity contribution in [2.24, 2.45) is 0 Å². The van der Waals surface area contributed by atoms with E-state index in [2.05, 4.69) is 13.8 Å². The molecule has 2 unspecified atom stereocenters. The maximum Gasteiger partial charge on any atom is 0.267 e. The average Bonchev–Trinajstić information content (AvgIpc) is 2.52. The molecule has 0 saturated carbocycles. The van der Waals surface area contributed by atoms with Gasteiger partial charge in [0, 0.05) is 0 Å². The Morgan fingerprint density at radius 3 is 1.62 bits per heavy atom. The second-order valence-corrected chi connectivity index (χ2v) is 8.84. The maximum absolute atomic E-state index is 11.5. The van der Waals surface area contributed by atoms with E-state index in [9.17, 15) is 18.1 Å². The number of rotatable bonds is 17. The van der Waals surface area contributed by atoms with Crippen LogP contribution in [0.2, 0.25) is 0 Å². The van der Waals surface area contributed by atoms with Crippen molar-refractivity contribution in [2.75, 3.05) is 0 Å². The van der Waals surface area contributed by atoms with Crippen LogP contribution in [-0.4, -0.2) is 29.4 Å². The molecule has 0 aromatic carbocycles. The molecule has 0 radical (unpaired) electrons. The van der Waals surface area contributed by atoms with E-state index in [0.717, 1.165) is 44.9 Å². The summed E-state index contributed by atoms with van der Waals surface area (Å²) in [6, 6.07) is 0. The standard InChI is InChI=1S/C19H40O4S/c1-3-5-7-9-10-11-12-14-16-19(24(21,22)23)17-18(20)15-13-8-6-4-2/h18-20H,3-17H2,1-2H3,(H,21,22,23). The van der Waals surface area contributed by atoms with Crippen LogP contribution in [0.5, 0.6) is 0 Å². The monoisotopic (exact) mass is 364 g/mol. The Morgan fingerprint density at radius 1 is 0.708 bits per heavy atom. The summed E-state index contributed by atoms with van der Waals surface area (Å²) in [4.78, 5) is 0. The Balaban J connectivity index is 3.94. The molecule has 0 amide bonds. The van der Waals surface area contributed by atoms with E-state index in [-0.39, 0.29) is 6.42 Å². The smallest absolute Gasteiger partial charge is 0.267 e. The Labute approximate surface area is 150 Å². The average molecular weight is 365 g/mol. The van der Waals surface area contributed by atoms with E-state index in [4.69, 9.17) is 0 Å². The van der Waals surface area contributed by atoms with E-state index in [0.29, 0.717) is 12.8 Å². The van der Waals surface area contributed by atoms with Gasteiger partial charge in [-0.1, -0.05) is 90.9 Å². The van der Waals surface area contributed by atoms with Crippen LogP contribution in [0.1, 0.15) is 110 Å². The predicted molar refractivity (Wildman–Crippen MR) is 102 cm³/mol. The van der Waals surface area contributed by atoms with Crippen molar-refractivity contribution in [1.29, 1.82) is 0 Å². The third kappa shape index (κ3) is 14.2. The van der Waals surface area contributed by atoms with Crippen LogP contribution in [0, 0.1) is 0 Å². The highest BCUT2D eigenvalue weighted by Crippen LogP contribution is 2.19. The Bertz CT molecular complexity index is 368. The lowest BCUT2D eigenvalue weighted by molar-refractivity contribution is 0.147. The van der Waals surface area contributed by atoms with Crippen LogP contribution in [0.15, 0.2) is 0 Å². The van der Waals surface area contributed by atoms with E-state index in [1.165, 1.54) is 32.1 Å². The summed E-state index contributed by atoms with van der Waals surface area (Å²) >= 11 is 0. The molecule has 0 aliphatic carbocycles. The van der Waals surface area contributed by atoms with Crippen LogP contribution in [0.25, 0.3) is 0 Å². The predicted octanol–water partition coefficient (Wildman–Crippen LogP) is 5.50. The second-order valence-electron chi connectivity index (χ2n) is 7.14. The fourth-order valence-corrected chi connectivity index (χ4v) is 4.05. The summed E-state index contributed by atoms with van der Waals surface area (Å²) in [7, 11) is -4.06. The van der Waals surface area contributed by atoms with Gasteiger partial charge in [-0.3, -0.25) is 4.55 Å². The van der Waals surface area contributed by atoms with Crippen molar-refractivity contribution in [1.82, 2.24) is 0 Å². The molecule has 0 aliphatic heterocycles. The Hall–Kier alpha value is -0.130. The highest BCUT2D eigenvalue weighted by Gasteiger charge is 2.25. The molecule has 0 aliphatic rings. The molecule has 0 aromatic heterocycles. The number of aliphatic hydroxyl groups excluding tert-OH is 1. The molecule has 0 aromatic rings.